The summed E-state index contributed by atoms with van der Waals surface area (Å²) in [5.41, 5.74) is 0.703. The highest BCUT2D eigenvalue weighted by molar-refractivity contribution is 7.12. The SMILES string of the molecule is CCCCC(CCCC)C(=O)N(c1ccsc1C(=O)OC)C1CCC2(CC1)OCCO2. The Balaban J connectivity index is 1.87. The van der Waals surface area contributed by atoms with Crippen molar-refractivity contribution in [3.8, 4) is 0 Å². The standard InChI is InChI=1S/C24H37NO5S/c1-4-6-8-18(9-7-5-2)22(26)25(20-12-17-31-21(20)23(27)28-3)19-10-13-24(14-11-19)29-15-16-30-24/h12,17-19H,4-11,13-16H2,1-3H3. The van der Waals surface area contributed by atoms with Gasteiger partial charge >= 0.3 is 5.97 Å². The molecule has 2 fully saturated rings. The Morgan fingerprint density at radius 3 is 2.32 bits per heavy atom. The summed E-state index contributed by atoms with van der Waals surface area (Å²) in [6.45, 7) is 5.60. The van der Waals surface area contributed by atoms with E-state index in [0.717, 1.165) is 64.2 Å². The van der Waals surface area contributed by atoms with Crippen LogP contribution in [0.3, 0.4) is 0 Å². The van der Waals surface area contributed by atoms with Crippen LogP contribution < -0.4 is 4.90 Å². The van der Waals surface area contributed by atoms with E-state index in [1.54, 1.807) is 0 Å². The summed E-state index contributed by atoms with van der Waals surface area (Å²) >= 11 is 1.34. The summed E-state index contributed by atoms with van der Waals surface area (Å²) in [4.78, 5) is 28.8. The van der Waals surface area contributed by atoms with E-state index < -0.39 is 5.79 Å². The van der Waals surface area contributed by atoms with E-state index in [2.05, 4.69) is 13.8 Å². The lowest BCUT2D eigenvalue weighted by molar-refractivity contribution is -0.179. The number of nitrogens with zero attached hydrogens (tertiary/aromatic N) is 1. The van der Waals surface area contributed by atoms with Crippen LogP contribution in [0, 0.1) is 5.92 Å². The molecule has 1 saturated heterocycles. The van der Waals surface area contributed by atoms with Crippen LogP contribution in [0.5, 0.6) is 0 Å². The van der Waals surface area contributed by atoms with Gasteiger partial charge in [-0.1, -0.05) is 39.5 Å². The normalized spacial score (nSPS) is 18.6. The number of unbranched alkanes of at least 4 members (excludes halogenated alkanes) is 2. The molecule has 7 heteroatoms. The lowest BCUT2D eigenvalue weighted by Gasteiger charge is -2.41. The molecular formula is C24H37NO5S. The van der Waals surface area contributed by atoms with Crippen molar-refractivity contribution in [1.82, 2.24) is 0 Å². The first kappa shape index (κ1) is 24.2. The molecule has 31 heavy (non-hydrogen) atoms. The molecular weight excluding hydrogens is 414 g/mol. The van der Waals surface area contributed by atoms with Crippen LogP contribution in [0.25, 0.3) is 0 Å². The maximum absolute atomic E-state index is 13.9. The number of esters is 1. The van der Waals surface area contributed by atoms with Gasteiger partial charge in [0.15, 0.2) is 5.79 Å². The van der Waals surface area contributed by atoms with Crippen molar-refractivity contribution in [2.75, 3.05) is 25.2 Å². The molecule has 1 aromatic heterocycles. The molecule has 0 unspecified atom stereocenters. The summed E-state index contributed by atoms with van der Waals surface area (Å²) in [6.07, 6.45) is 9.16. The van der Waals surface area contributed by atoms with Crippen molar-refractivity contribution in [2.24, 2.45) is 5.92 Å². The quantitative estimate of drug-likeness (QED) is 0.436. The first-order valence-corrected chi connectivity index (χ1v) is 12.7. The minimum Gasteiger partial charge on any atom is -0.465 e. The molecule has 174 valence electrons. The number of methoxy groups -OCH3 is 1. The molecule has 2 heterocycles. The topological polar surface area (TPSA) is 65.1 Å². The Bertz CT molecular complexity index is 709. The highest BCUT2D eigenvalue weighted by Crippen LogP contribution is 2.41. The van der Waals surface area contributed by atoms with E-state index in [0.29, 0.717) is 23.8 Å². The molecule has 1 aliphatic heterocycles. The zero-order chi connectivity index (χ0) is 22.3. The van der Waals surface area contributed by atoms with Gasteiger partial charge in [-0.3, -0.25) is 4.79 Å². The first-order valence-electron chi connectivity index (χ1n) is 11.8. The number of amides is 1. The van der Waals surface area contributed by atoms with Gasteiger partial charge in [0, 0.05) is 24.8 Å². The van der Waals surface area contributed by atoms with Gasteiger partial charge in [0.1, 0.15) is 4.88 Å². The van der Waals surface area contributed by atoms with Gasteiger partial charge in [-0.05, 0) is 37.1 Å². The molecule has 6 nitrogen and oxygen atoms in total. The van der Waals surface area contributed by atoms with Crippen molar-refractivity contribution in [3.63, 3.8) is 0 Å². The molecule has 1 aliphatic carbocycles. The number of ether oxygens (including phenoxy) is 3. The van der Waals surface area contributed by atoms with E-state index in [9.17, 15) is 9.59 Å². The van der Waals surface area contributed by atoms with Gasteiger partial charge in [0.25, 0.3) is 0 Å². The second-order valence-electron chi connectivity index (χ2n) is 8.65. The number of rotatable bonds is 10. The number of carbonyl (C=O) groups is 2. The van der Waals surface area contributed by atoms with Crippen LogP contribution in [0.2, 0.25) is 0 Å². The Labute approximate surface area is 190 Å². The Kier molecular flexibility index (Phi) is 8.93. The predicted octanol–water partition coefficient (Wildman–Crippen LogP) is 5.55. The molecule has 1 amide bonds. The number of anilines is 1. The van der Waals surface area contributed by atoms with Crippen LogP contribution in [0.4, 0.5) is 5.69 Å². The maximum Gasteiger partial charge on any atom is 0.350 e. The molecule has 0 radical (unpaired) electrons. The minimum atomic E-state index is -0.477. The second kappa shape index (κ2) is 11.4. The van der Waals surface area contributed by atoms with Gasteiger partial charge in [-0.25, -0.2) is 4.79 Å². The zero-order valence-electron chi connectivity index (χ0n) is 19.2. The fraction of sp³-hybridized carbons (Fsp3) is 0.750. The molecule has 2 aliphatic rings. The third kappa shape index (κ3) is 5.68. The van der Waals surface area contributed by atoms with Crippen LogP contribution in [-0.4, -0.2) is 44.0 Å². The highest BCUT2D eigenvalue weighted by Gasteiger charge is 2.44. The van der Waals surface area contributed by atoms with Crippen LogP contribution in [0.1, 0.15) is 87.7 Å². The van der Waals surface area contributed by atoms with Crippen LogP contribution >= 0.6 is 11.3 Å². The highest BCUT2D eigenvalue weighted by atomic mass is 32.1. The summed E-state index contributed by atoms with van der Waals surface area (Å²) in [5.74, 6) is -0.717. The van der Waals surface area contributed by atoms with Crippen molar-refractivity contribution in [2.45, 2.75) is 89.9 Å². The van der Waals surface area contributed by atoms with Crippen molar-refractivity contribution < 1.29 is 23.8 Å². The second-order valence-corrected chi connectivity index (χ2v) is 9.57. The largest absolute Gasteiger partial charge is 0.465 e. The summed E-state index contributed by atoms with van der Waals surface area (Å²) in [7, 11) is 1.39. The molecule has 1 saturated carbocycles. The first-order chi connectivity index (χ1) is 15.0. The monoisotopic (exact) mass is 451 g/mol. The number of carbonyl (C=O) groups excluding carboxylic acids is 2. The Morgan fingerprint density at radius 2 is 1.77 bits per heavy atom. The number of hydrogen-bond acceptors (Lipinski definition) is 6. The molecule has 0 aromatic carbocycles. The molecule has 0 N–H and O–H groups in total. The zero-order valence-corrected chi connectivity index (χ0v) is 20.0. The molecule has 1 aromatic rings. The number of thiophene rings is 1. The molecule has 0 bridgehead atoms. The van der Waals surface area contributed by atoms with E-state index in [-0.39, 0.29) is 23.8 Å². The van der Waals surface area contributed by atoms with Crippen molar-refractivity contribution in [3.05, 3.63) is 16.3 Å². The van der Waals surface area contributed by atoms with Gasteiger partial charge in [0.2, 0.25) is 5.91 Å². The minimum absolute atomic E-state index is 0.0137. The van der Waals surface area contributed by atoms with Gasteiger partial charge in [-0.15, -0.1) is 11.3 Å². The predicted molar refractivity (Wildman–Crippen MR) is 123 cm³/mol. The molecule has 3 rings (SSSR count). The van der Waals surface area contributed by atoms with Gasteiger partial charge in [0.05, 0.1) is 26.0 Å². The summed E-state index contributed by atoms with van der Waals surface area (Å²) in [6, 6.07) is 1.94. The van der Waals surface area contributed by atoms with Crippen molar-refractivity contribution >= 4 is 28.9 Å². The maximum atomic E-state index is 13.9. The van der Waals surface area contributed by atoms with Crippen molar-refractivity contribution in [1.29, 1.82) is 0 Å². The van der Waals surface area contributed by atoms with E-state index >= 15 is 0 Å². The fourth-order valence-corrected chi connectivity index (χ4v) is 5.61. The number of hydrogen-bond donors (Lipinski definition) is 0. The third-order valence-corrected chi connectivity index (χ3v) is 7.45. The Hall–Kier alpha value is -1.44. The summed E-state index contributed by atoms with van der Waals surface area (Å²) < 4.78 is 16.8. The van der Waals surface area contributed by atoms with E-state index in [4.69, 9.17) is 14.2 Å². The average molecular weight is 452 g/mol. The van der Waals surface area contributed by atoms with E-state index in [1.165, 1.54) is 18.4 Å². The molecule has 1 spiro atoms. The van der Waals surface area contributed by atoms with Gasteiger partial charge < -0.3 is 19.1 Å². The smallest absolute Gasteiger partial charge is 0.350 e. The van der Waals surface area contributed by atoms with Gasteiger partial charge in [-0.2, -0.15) is 0 Å². The molecule has 0 atom stereocenters. The lowest BCUT2D eigenvalue weighted by atomic mass is 9.87. The van der Waals surface area contributed by atoms with Crippen LogP contribution in [0.15, 0.2) is 11.4 Å². The fourth-order valence-electron chi connectivity index (χ4n) is 4.81. The Morgan fingerprint density at radius 1 is 1.16 bits per heavy atom. The lowest BCUT2D eigenvalue weighted by Crippen LogP contribution is -2.49. The van der Waals surface area contributed by atoms with Crippen LogP contribution in [-0.2, 0) is 19.0 Å². The third-order valence-electron chi connectivity index (χ3n) is 6.57. The average Bonchev–Trinajstić information content (AvgIpc) is 3.45. The summed E-state index contributed by atoms with van der Waals surface area (Å²) in [5, 5.41) is 1.88. The van der Waals surface area contributed by atoms with E-state index in [1.807, 2.05) is 16.3 Å².